The molecule has 0 spiro atoms. The van der Waals surface area contributed by atoms with Crippen molar-refractivity contribution < 1.29 is 43.2 Å². The molecule has 1 rings (SSSR count). The number of carbonyl (C=O) groups excluding carboxylic acids is 1. The Bertz CT molecular complexity index is 660. The number of ether oxygens (including phenoxy) is 1. The lowest BCUT2D eigenvalue weighted by atomic mass is 9.92. The van der Waals surface area contributed by atoms with Gasteiger partial charge in [0.2, 0.25) is 21.7 Å². The van der Waals surface area contributed by atoms with E-state index in [2.05, 4.69) is 16.6 Å². The number of sulfonamides is 1. The van der Waals surface area contributed by atoms with Crippen LogP contribution in [0.3, 0.4) is 0 Å². The first-order valence-electron chi connectivity index (χ1n) is 7.03. The van der Waals surface area contributed by atoms with Gasteiger partial charge in [-0.05, 0) is 6.08 Å². The first-order chi connectivity index (χ1) is 11.5. The fraction of sp³-hybridized carbons (Fsp3) is 0.538. The molecule has 0 bridgehead atoms. The van der Waals surface area contributed by atoms with E-state index in [9.17, 15) is 28.2 Å². The third-order valence-corrected chi connectivity index (χ3v) is 4.39. The van der Waals surface area contributed by atoms with Crippen LogP contribution in [0, 0.1) is 0 Å². The molecule has 0 saturated carbocycles. The van der Waals surface area contributed by atoms with E-state index in [1.165, 1.54) is 0 Å². The van der Waals surface area contributed by atoms with Gasteiger partial charge in [0.15, 0.2) is 0 Å². The molecule has 1 heterocycles. The zero-order chi connectivity index (χ0) is 19.4. The van der Waals surface area contributed by atoms with Gasteiger partial charge in [-0.15, -0.1) is 0 Å². The van der Waals surface area contributed by atoms with Gasteiger partial charge in [-0.3, -0.25) is 4.79 Å². The number of hydrogen-bond acceptors (Lipinski definition) is 8. The number of carbonyl (C=O) groups is 2. The smallest absolute Gasteiger partial charge is 0.370 e. The van der Waals surface area contributed by atoms with Crippen LogP contribution in [-0.4, -0.2) is 77.7 Å². The van der Waals surface area contributed by atoms with Crippen LogP contribution in [0.15, 0.2) is 23.8 Å². The van der Waals surface area contributed by atoms with E-state index < -0.39 is 64.7 Å². The highest BCUT2D eigenvalue weighted by molar-refractivity contribution is 7.92. The second kappa shape index (κ2) is 8.40. The Kier molecular flexibility index (Phi) is 7.07. The number of hydrogen-bond donors (Lipinski definition) is 6. The molecule has 12 heteroatoms. The van der Waals surface area contributed by atoms with Crippen molar-refractivity contribution in [1.82, 2.24) is 10.0 Å². The van der Waals surface area contributed by atoms with Crippen molar-refractivity contribution in [3.8, 4) is 0 Å². The minimum absolute atomic E-state index is 0.579. The van der Waals surface area contributed by atoms with Crippen LogP contribution in [0.1, 0.15) is 6.92 Å². The molecular formula is C13H20N2O9S. The maximum atomic E-state index is 11.7. The molecule has 0 aromatic rings. The van der Waals surface area contributed by atoms with Crippen molar-refractivity contribution in [3.05, 3.63) is 23.8 Å². The summed E-state index contributed by atoms with van der Waals surface area (Å²) in [5.74, 6) is -2.88. The number of carboxylic acid groups (broad SMARTS) is 1. The van der Waals surface area contributed by atoms with E-state index in [4.69, 9.17) is 14.9 Å². The number of amides is 1. The topological polar surface area (TPSA) is 182 Å². The Morgan fingerprint density at radius 2 is 2.04 bits per heavy atom. The summed E-state index contributed by atoms with van der Waals surface area (Å²) in [6.07, 6.45) is -4.19. The fourth-order valence-corrected chi connectivity index (χ4v) is 2.90. The zero-order valence-electron chi connectivity index (χ0n) is 13.2. The molecule has 0 fully saturated rings. The number of rotatable bonds is 8. The van der Waals surface area contributed by atoms with E-state index in [-0.39, 0.29) is 0 Å². The lowest BCUT2D eigenvalue weighted by Gasteiger charge is -2.39. The van der Waals surface area contributed by atoms with Crippen LogP contribution in [0.5, 0.6) is 0 Å². The number of nitrogens with one attached hydrogen (secondary N) is 2. The Morgan fingerprint density at radius 3 is 2.48 bits per heavy atom. The standard InChI is InChI=1S/C13H20N2O9S/c1-3-25(22,23)15-7-4-9(13(20)21)24-12(10(7)14-6(2)17)11(19)8(18)5-16/h3-4,7-8,10-12,15-16,18-19H,1,5H2,2H3,(H,14,17)(H,20,21)/t7-,8+,10+,11+,12+/m0/s1. The van der Waals surface area contributed by atoms with Gasteiger partial charge in [-0.2, -0.15) is 0 Å². The molecule has 0 radical (unpaired) electrons. The molecule has 0 aromatic heterocycles. The Balaban J connectivity index is 3.35. The van der Waals surface area contributed by atoms with E-state index >= 15 is 0 Å². The minimum Gasteiger partial charge on any atom is -0.478 e. The highest BCUT2D eigenvalue weighted by Gasteiger charge is 2.44. The summed E-state index contributed by atoms with van der Waals surface area (Å²) in [7, 11) is -4.04. The third kappa shape index (κ3) is 5.51. The second-order valence-electron chi connectivity index (χ2n) is 5.24. The van der Waals surface area contributed by atoms with Crippen molar-refractivity contribution in [1.29, 1.82) is 0 Å². The normalized spacial score (nSPS) is 25.9. The highest BCUT2D eigenvalue weighted by atomic mass is 32.2. The molecule has 0 saturated heterocycles. The lowest BCUT2D eigenvalue weighted by molar-refractivity contribution is -0.146. The predicted molar refractivity (Wildman–Crippen MR) is 83.3 cm³/mol. The molecular weight excluding hydrogens is 360 g/mol. The van der Waals surface area contributed by atoms with Crippen molar-refractivity contribution in [2.24, 2.45) is 0 Å². The molecule has 0 aliphatic carbocycles. The van der Waals surface area contributed by atoms with E-state index in [0.29, 0.717) is 5.41 Å². The van der Waals surface area contributed by atoms with Crippen molar-refractivity contribution >= 4 is 21.9 Å². The van der Waals surface area contributed by atoms with Crippen LogP contribution < -0.4 is 10.0 Å². The number of carboxylic acids is 1. The molecule has 1 amide bonds. The van der Waals surface area contributed by atoms with E-state index in [1.807, 2.05) is 0 Å². The van der Waals surface area contributed by atoms with Crippen molar-refractivity contribution in [2.75, 3.05) is 6.61 Å². The molecule has 142 valence electrons. The lowest BCUT2D eigenvalue weighted by Crippen LogP contribution is -2.63. The quantitative estimate of drug-likeness (QED) is 0.255. The van der Waals surface area contributed by atoms with Crippen LogP contribution in [0.2, 0.25) is 0 Å². The average molecular weight is 380 g/mol. The molecule has 0 unspecified atom stereocenters. The first kappa shape index (κ1) is 21.1. The average Bonchev–Trinajstić information content (AvgIpc) is 2.53. The fourth-order valence-electron chi connectivity index (χ4n) is 2.21. The Labute approximate surface area is 143 Å². The molecule has 5 atom stereocenters. The molecule has 1 aliphatic rings. The zero-order valence-corrected chi connectivity index (χ0v) is 14.0. The summed E-state index contributed by atoms with van der Waals surface area (Å²) in [6.45, 7) is 3.35. The minimum atomic E-state index is -4.04. The van der Waals surface area contributed by atoms with Gasteiger partial charge < -0.3 is 30.5 Å². The van der Waals surface area contributed by atoms with Gasteiger partial charge in [-0.1, -0.05) is 6.58 Å². The van der Waals surface area contributed by atoms with Gasteiger partial charge in [0.1, 0.15) is 18.3 Å². The number of aliphatic hydroxyl groups is 3. The number of aliphatic carboxylic acids is 1. The summed E-state index contributed by atoms with van der Waals surface area (Å²) < 4.78 is 30.6. The monoisotopic (exact) mass is 380 g/mol. The second-order valence-corrected chi connectivity index (χ2v) is 6.90. The van der Waals surface area contributed by atoms with Gasteiger partial charge in [0.05, 0.1) is 18.7 Å². The first-order valence-corrected chi connectivity index (χ1v) is 8.57. The van der Waals surface area contributed by atoms with Crippen LogP contribution in [0.4, 0.5) is 0 Å². The van der Waals surface area contributed by atoms with Gasteiger partial charge >= 0.3 is 5.97 Å². The molecule has 1 aliphatic heterocycles. The van der Waals surface area contributed by atoms with Gasteiger partial charge in [0, 0.05) is 12.3 Å². The summed E-state index contributed by atoms with van der Waals surface area (Å²) in [5.41, 5.74) is 0. The Hall–Kier alpha value is -1.99. The maximum Gasteiger partial charge on any atom is 0.370 e. The number of aliphatic hydroxyl groups excluding tert-OH is 3. The summed E-state index contributed by atoms with van der Waals surface area (Å²) >= 11 is 0. The summed E-state index contributed by atoms with van der Waals surface area (Å²) in [6, 6.07) is -2.59. The van der Waals surface area contributed by atoms with Crippen LogP contribution in [0.25, 0.3) is 0 Å². The van der Waals surface area contributed by atoms with Crippen molar-refractivity contribution in [3.63, 3.8) is 0 Å². The molecule has 25 heavy (non-hydrogen) atoms. The largest absolute Gasteiger partial charge is 0.478 e. The van der Waals surface area contributed by atoms with Gasteiger partial charge in [0.25, 0.3) is 0 Å². The SMILES string of the molecule is C=CS(=O)(=O)N[C@H]1C=C(C(=O)O)O[C@@H]([C@H](O)[C@H](O)CO)[C@@H]1NC(C)=O. The van der Waals surface area contributed by atoms with Crippen LogP contribution >= 0.6 is 0 Å². The molecule has 11 nitrogen and oxygen atoms in total. The van der Waals surface area contributed by atoms with E-state index in [0.717, 1.165) is 13.0 Å². The third-order valence-electron chi connectivity index (χ3n) is 3.35. The maximum absolute atomic E-state index is 11.7. The van der Waals surface area contributed by atoms with Gasteiger partial charge in [-0.25, -0.2) is 17.9 Å². The van der Waals surface area contributed by atoms with Crippen molar-refractivity contribution in [2.45, 2.75) is 37.3 Å². The van der Waals surface area contributed by atoms with E-state index in [1.54, 1.807) is 0 Å². The van der Waals surface area contributed by atoms with Crippen LogP contribution in [-0.2, 0) is 24.3 Å². The highest BCUT2D eigenvalue weighted by Crippen LogP contribution is 2.23. The summed E-state index contributed by atoms with van der Waals surface area (Å²) in [5, 5.41) is 40.7. The molecule has 0 aromatic carbocycles. The molecule has 6 N–H and O–H groups in total. The predicted octanol–water partition coefficient (Wildman–Crippen LogP) is -3.00. The Morgan fingerprint density at radius 1 is 1.44 bits per heavy atom. The summed E-state index contributed by atoms with van der Waals surface area (Å²) in [4.78, 5) is 22.6.